The number of halogens is 1. The van der Waals surface area contributed by atoms with E-state index in [1.807, 2.05) is 19.1 Å². The molecule has 0 N–H and O–H groups in total. The molecule has 3 heteroatoms. The maximum atomic E-state index is 11.8. The third-order valence-electron chi connectivity index (χ3n) is 2.29. The predicted octanol–water partition coefficient (Wildman–Crippen LogP) is 4.14. The number of aryl methyl sites for hydroxylation is 1. The van der Waals surface area contributed by atoms with Crippen LogP contribution in [0, 0.1) is 6.92 Å². The fourth-order valence-corrected chi connectivity index (χ4v) is 1.54. The number of carbonyl (C=O) groups is 1. The van der Waals surface area contributed by atoms with E-state index in [9.17, 15) is 4.79 Å². The Morgan fingerprint density at radius 1 is 1.18 bits per heavy atom. The Kier molecular flexibility index (Phi) is 3.45. The monoisotopic (exact) mass is 246 g/mol. The Balaban J connectivity index is 2.11. The van der Waals surface area contributed by atoms with Gasteiger partial charge in [0, 0.05) is 10.6 Å². The maximum absolute atomic E-state index is 11.8. The number of benzene rings is 1. The van der Waals surface area contributed by atoms with E-state index in [0.29, 0.717) is 16.3 Å². The zero-order valence-corrected chi connectivity index (χ0v) is 10.1. The molecule has 1 aromatic carbocycles. The molecule has 2 aromatic rings. The molecule has 2 rings (SSSR count). The van der Waals surface area contributed by atoms with Crippen LogP contribution in [0.5, 0.6) is 0 Å². The molecule has 0 aliphatic rings. The summed E-state index contributed by atoms with van der Waals surface area (Å²) in [4.78, 5) is 11.8. The SMILES string of the molecule is Cc1ccc(/C=C\C(=O)c2ccc(Cl)cc2)o1. The molecule has 0 amide bonds. The van der Waals surface area contributed by atoms with Gasteiger partial charge in [0.15, 0.2) is 5.78 Å². The third-order valence-corrected chi connectivity index (χ3v) is 2.54. The van der Waals surface area contributed by atoms with Gasteiger partial charge in [0.1, 0.15) is 11.5 Å². The minimum Gasteiger partial charge on any atom is -0.462 e. The lowest BCUT2D eigenvalue weighted by atomic mass is 10.1. The highest BCUT2D eigenvalue weighted by molar-refractivity contribution is 6.30. The molecular weight excluding hydrogens is 236 g/mol. The summed E-state index contributed by atoms with van der Waals surface area (Å²) in [5.74, 6) is 1.42. The van der Waals surface area contributed by atoms with Crippen LogP contribution < -0.4 is 0 Å². The molecule has 0 radical (unpaired) electrons. The van der Waals surface area contributed by atoms with Crippen LogP contribution in [-0.4, -0.2) is 5.78 Å². The first-order chi connectivity index (χ1) is 8.15. The fourth-order valence-electron chi connectivity index (χ4n) is 1.41. The molecule has 1 heterocycles. The summed E-state index contributed by atoms with van der Waals surface area (Å²) in [5, 5.41) is 0.618. The quantitative estimate of drug-likeness (QED) is 0.602. The van der Waals surface area contributed by atoms with Crippen LogP contribution in [-0.2, 0) is 0 Å². The third kappa shape index (κ3) is 3.08. The average Bonchev–Trinajstić information content (AvgIpc) is 2.73. The van der Waals surface area contributed by atoms with E-state index >= 15 is 0 Å². The molecule has 17 heavy (non-hydrogen) atoms. The van der Waals surface area contributed by atoms with Crippen molar-refractivity contribution in [1.29, 1.82) is 0 Å². The van der Waals surface area contributed by atoms with Crippen molar-refractivity contribution in [2.24, 2.45) is 0 Å². The van der Waals surface area contributed by atoms with Crippen molar-refractivity contribution < 1.29 is 9.21 Å². The first-order valence-electron chi connectivity index (χ1n) is 5.19. The molecular formula is C14H11ClO2. The standard InChI is InChI=1S/C14H11ClO2/c1-10-2-7-13(17-10)8-9-14(16)11-3-5-12(15)6-4-11/h2-9H,1H3/b9-8-. The summed E-state index contributed by atoms with van der Waals surface area (Å²) in [6.07, 6.45) is 3.14. The van der Waals surface area contributed by atoms with E-state index in [2.05, 4.69) is 0 Å². The molecule has 0 unspecified atom stereocenters. The van der Waals surface area contributed by atoms with Crippen molar-refractivity contribution in [2.45, 2.75) is 6.92 Å². The molecule has 0 saturated heterocycles. The predicted molar refractivity (Wildman–Crippen MR) is 68.3 cm³/mol. The molecule has 86 valence electrons. The van der Waals surface area contributed by atoms with Crippen LogP contribution in [0.3, 0.4) is 0 Å². The summed E-state index contributed by atoms with van der Waals surface area (Å²) in [5.41, 5.74) is 0.605. The molecule has 0 aliphatic carbocycles. The number of furan rings is 1. The molecule has 1 aromatic heterocycles. The molecule has 2 nitrogen and oxygen atoms in total. The van der Waals surface area contributed by atoms with Gasteiger partial charge in [-0.1, -0.05) is 11.6 Å². The number of hydrogen-bond acceptors (Lipinski definition) is 2. The Morgan fingerprint density at radius 3 is 2.47 bits per heavy atom. The lowest BCUT2D eigenvalue weighted by Crippen LogP contribution is -1.92. The van der Waals surface area contributed by atoms with E-state index in [0.717, 1.165) is 5.76 Å². The Hall–Kier alpha value is -1.80. The van der Waals surface area contributed by atoms with E-state index < -0.39 is 0 Å². The zero-order valence-electron chi connectivity index (χ0n) is 9.31. The summed E-state index contributed by atoms with van der Waals surface area (Å²) < 4.78 is 5.33. The van der Waals surface area contributed by atoms with Crippen LogP contribution in [0.25, 0.3) is 6.08 Å². The van der Waals surface area contributed by atoms with Crippen molar-refractivity contribution in [3.05, 3.63) is 64.6 Å². The normalized spacial score (nSPS) is 10.9. The summed E-state index contributed by atoms with van der Waals surface area (Å²) >= 11 is 5.75. The van der Waals surface area contributed by atoms with Crippen LogP contribution in [0.1, 0.15) is 21.9 Å². The van der Waals surface area contributed by atoms with Gasteiger partial charge in [-0.3, -0.25) is 4.79 Å². The van der Waals surface area contributed by atoms with Gasteiger partial charge in [0.25, 0.3) is 0 Å². The topological polar surface area (TPSA) is 30.2 Å². The zero-order chi connectivity index (χ0) is 12.3. The highest BCUT2D eigenvalue weighted by Crippen LogP contribution is 2.12. The number of ketones is 1. The van der Waals surface area contributed by atoms with E-state index in [1.165, 1.54) is 6.08 Å². The summed E-state index contributed by atoms with van der Waals surface area (Å²) in [7, 11) is 0. The molecule has 0 spiro atoms. The second kappa shape index (κ2) is 5.02. The number of rotatable bonds is 3. The highest BCUT2D eigenvalue weighted by Gasteiger charge is 2.01. The Labute approximate surface area is 105 Å². The second-order valence-electron chi connectivity index (χ2n) is 3.65. The first kappa shape index (κ1) is 11.7. The number of carbonyl (C=O) groups excluding carboxylic acids is 1. The van der Waals surface area contributed by atoms with Crippen molar-refractivity contribution in [3.63, 3.8) is 0 Å². The van der Waals surface area contributed by atoms with Gasteiger partial charge in [0.2, 0.25) is 0 Å². The summed E-state index contributed by atoms with van der Waals surface area (Å²) in [6, 6.07) is 10.5. The highest BCUT2D eigenvalue weighted by atomic mass is 35.5. The van der Waals surface area contributed by atoms with E-state index in [4.69, 9.17) is 16.0 Å². The van der Waals surface area contributed by atoms with E-state index in [-0.39, 0.29) is 5.78 Å². The molecule has 0 atom stereocenters. The fraction of sp³-hybridized carbons (Fsp3) is 0.0714. The van der Waals surface area contributed by atoms with Gasteiger partial charge in [0.05, 0.1) is 0 Å². The largest absolute Gasteiger partial charge is 0.462 e. The average molecular weight is 247 g/mol. The number of allylic oxidation sites excluding steroid dienone is 1. The second-order valence-corrected chi connectivity index (χ2v) is 4.09. The van der Waals surface area contributed by atoms with Gasteiger partial charge in [-0.15, -0.1) is 0 Å². The van der Waals surface area contributed by atoms with Crippen LogP contribution in [0.2, 0.25) is 5.02 Å². The molecule has 0 fully saturated rings. The van der Waals surface area contributed by atoms with Gasteiger partial charge >= 0.3 is 0 Å². The van der Waals surface area contributed by atoms with Gasteiger partial charge in [-0.25, -0.2) is 0 Å². The molecule has 0 aliphatic heterocycles. The number of hydrogen-bond donors (Lipinski definition) is 0. The van der Waals surface area contributed by atoms with E-state index in [1.54, 1.807) is 30.3 Å². The minimum absolute atomic E-state index is 0.0734. The van der Waals surface area contributed by atoms with Gasteiger partial charge < -0.3 is 4.42 Å². The van der Waals surface area contributed by atoms with Crippen LogP contribution >= 0.6 is 11.6 Å². The molecule has 0 saturated carbocycles. The van der Waals surface area contributed by atoms with Crippen molar-refractivity contribution in [1.82, 2.24) is 0 Å². The van der Waals surface area contributed by atoms with Crippen LogP contribution in [0.15, 0.2) is 46.9 Å². The van der Waals surface area contributed by atoms with Crippen LogP contribution in [0.4, 0.5) is 0 Å². The lowest BCUT2D eigenvalue weighted by Gasteiger charge is -1.95. The summed E-state index contributed by atoms with van der Waals surface area (Å²) in [6.45, 7) is 1.86. The minimum atomic E-state index is -0.0734. The Bertz CT molecular complexity index is 550. The van der Waals surface area contributed by atoms with Crippen molar-refractivity contribution in [3.8, 4) is 0 Å². The van der Waals surface area contributed by atoms with Crippen molar-refractivity contribution >= 4 is 23.5 Å². The Morgan fingerprint density at radius 2 is 1.88 bits per heavy atom. The molecule has 0 bridgehead atoms. The van der Waals surface area contributed by atoms with Gasteiger partial charge in [-0.05, 0) is 55.5 Å². The first-order valence-corrected chi connectivity index (χ1v) is 5.57. The van der Waals surface area contributed by atoms with Gasteiger partial charge in [-0.2, -0.15) is 0 Å². The maximum Gasteiger partial charge on any atom is 0.185 e. The van der Waals surface area contributed by atoms with Crippen molar-refractivity contribution in [2.75, 3.05) is 0 Å². The lowest BCUT2D eigenvalue weighted by molar-refractivity contribution is 0.104. The smallest absolute Gasteiger partial charge is 0.185 e.